The largest absolute Gasteiger partial charge is 0.322 e. The molecule has 11 heteroatoms. The van der Waals surface area contributed by atoms with Crippen molar-refractivity contribution in [3.8, 4) is 0 Å². The number of anilines is 2. The van der Waals surface area contributed by atoms with Crippen LogP contribution >= 0.6 is 23.2 Å². The van der Waals surface area contributed by atoms with Gasteiger partial charge in [0.05, 0.1) is 16.3 Å². The zero-order valence-corrected chi connectivity index (χ0v) is 23.5. The summed E-state index contributed by atoms with van der Waals surface area (Å²) in [5, 5.41) is 7.79. The maximum Gasteiger partial charge on any atom is 0.264 e. The molecule has 8 nitrogen and oxygen atoms in total. The van der Waals surface area contributed by atoms with Crippen LogP contribution in [0.2, 0.25) is 10.0 Å². The fourth-order valence-electron chi connectivity index (χ4n) is 3.67. The van der Waals surface area contributed by atoms with Crippen LogP contribution in [0.4, 0.5) is 11.4 Å². The minimum atomic E-state index is -4.08. The summed E-state index contributed by atoms with van der Waals surface area (Å²) in [6, 6.07) is 27.5. The van der Waals surface area contributed by atoms with E-state index in [1.807, 2.05) is 0 Å². The number of nitrogens with one attached hydrogen (secondary N) is 2. The lowest BCUT2D eigenvalue weighted by Crippen LogP contribution is -2.39. The Balaban J connectivity index is 1.48. The molecule has 0 heterocycles. The Hall–Kier alpha value is -4.18. The van der Waals surface area contributed by atoms with Crippen molar-refractivity contribution in [2.75, 3.05) is 16.2 Å². The van der Waals surface area contributed by atoms with E-state index in [0.29, 0.717) is 38.3 Å². The number of nitrogens with zero attached hydrogens (tertiary/aromatic N) is 2. The number of amides is 2. The summed E-state index contributed by atoms with van der Waals surface area (Å²) in [6.45, 7) is 1.17. The third-order valence-corrected chi connectivity index (χ3v) is 7.98. The van der Waals surface area contributed by atoms with Gasteiger partial charge in [0.2, 0.25) is 0 Å². The normalized spacial score (nSPS) is 11.5. The first-order chi connectivity index (χ1) is 19.1. The van der Waals surface area contributed by atoms with Gasteiger partial charge in [-0.1, -0.05) is 59.6 Å². The lowest BCUT2D eigenvalue weighted by molar-refractivity contribution is -0.119. The predicted molar refractivity (Wildman–Crippen MR) is 159 cm³/mol. The topological polar surface area (TPSA) is 108 Å². The van der Waals surface area contributed by atoms with Gasteiger partial charge in [-0.3, -0.25) is 13.9 Å². The van der Waals surface area contributed by atoms with Crippen molar-refractivity contribution < 1.29 is 18.0 Å². The van der Waals surface area contributed by atoms with Crippen LogP contribution in [-0.2, 0) is 14.8 Å². The Bertz CT molecular complexity index is 1660. The van der Waals surface area contributed by atoms with Crippen LogP contribution in [-0.4, -0.2) is 32.5 Å². The lowest BCUT2D eigenvalue weighted by atomic mass is 10.1. The number of rotatable bonds is 9. The van der Waals surface area contributed by atoms with Crippen LogP contribution < -0.4 is 15.0 Å². The van der Waals surface area contributed by atoms with Crippen molar-refractivity contribution >= 4 is 62.1 Å². The first kappa shape index (κ1) is 28.8. The highest BCUT2D eigenvalue weighted by molar-refractivity contribution is 7.92. The van der Waals surface area contributed by atoms with E-state index in [4.69, 9.17) is 23.2 Å². The van der Waals surface area contributed by atoms with Crippen molar-refractivity contribution in [2.24, 2.45) is 5.10 Å². The van der Waals surface area contributed by atoms with E-state index in [2.05, 4.69) is 15.8 Å². The third kappa shape index (κ3) is 7.26. The standard InChI is InChI=1S/C29H24Cl2N4O4S/c1-20(21-7-6-10-25(18-21)32-29(37)22-8-5-9-24(31)17-22)33-34-28(36)19-35(26-11-3-2-4-12-26)40(38,39)27-15-13-23(30)14-16-27/h2-18H,19H2,1H3,(H,32,37)(H,34,36)/b33-20-. The summed E-state index contributed by atoms with van der Waals surface area (Å²) in [5.41, 5.74) is 4.75. The van der Waals surface area contributed by atoms with E-state index in [9.17, 15) is 18.0 Å². The minimum absolute atomic E-state index is 0.00938. The van der Waals surface area contributed by atoms with Gasteiger partial charge < -0.3 is 5.32 Å². The van der Waals surface area contributed by atoms with Crippen molar-refractivity contribution in [2.45, 2.75) is 11.8 Å². The van der Waals surface area contributed by atoms with Crippen molar-refractivity contribution in [3.05, 3.63) is 124 Å². The molecular formula is C29H24Cl2N4O4S. The number of sulfonamides is 1. The van der Waals surface area contributed by atoms with Crippen LogP contribution in [0.1, 0.15) is 22.8 Å². The first-order valence-corrected chi connectivity index (χ1v) is 14.2. The van der Waals surface area contributed by atoms with Gasteiger partial charge in [0.25, 0.3) is 21.8 Å². The second kappa shape index (κ2) is 12.8. The molecule has 0 bridgehead atoms. The number of hydrogen-bond acceptors (Lipinski definition) is 5. The van der Waals surface area contributed by atoms with E-state index >= 15 is 0 Å². The quantitative estimate of drug-likeness (QED) is 0.183. The monoisotopic (exact) mass is 594 g/mol. The zero-order chi connectivity index (χ0) is 28.7. The fourth-order valence-corrected chi connectivity index (χ4v) is 5.41. The Morgan fingerprint density at radius 1 is 0.800 bits per heavy atom. The maximum absolute atomic E-state index is 13.4. The average molecular weight is 596 g/mol. The Morgan fingerprint density at radius 2 is 1.48 bits per heavy atom. The van der Waals surface area contributed by atoms with Gasteiger partial charge in [0.1, 0.15) is 6.54 Å². The highest BCUT2D eigenvalue weighted by Crippen LogP contribution is 2.24. The molecule has 204 valence electrons. The molecule has 0 unspecified atom stereocenters. The van der Waals surface area contributed by atoms with E-state index in [1.165, 1.54) is 24.3 Å². The molecule has 0 saturated heterocycles. The van der Waals surface area contributed by atoms with Gasteiger partial charge in [-0.25, -0.2) is 13.8 Å². The second-order valence-corrected chi connectivity index (χ2v) is 11.3. The molecule has 2 N–H and O–H groups in total. The van der Waals surface area contributed by atoms with Crippen LogP contribution in [0.15, 0.2) is 113 Å². The summed E-state index contributed by atoms with van der Waals surface area (Å²) >= 11 is 11.9. The first-order valence-electron chi connectivity index (χ1n) is 12.0. The van der Waals surface area contributed by atoms with E-state index < -0.39 is 22.5 Å². The number of carbonyl (C=O) groups is 2. The molecule has 0 spiro atoms. The van der Waals surface area contributed by atoms with Crippen molar-refractivity contribution in [1.82, 2.24) is 5.43 Å². The highest BCUT2D eigenvalue weighted by Gasteiger charge is 2.27. The lowest BCUT2D eigenvalue weighted by Gasteiger charge is -2.23. The number of benzene rings is 4. The molecule has 0 aromatic heterocycles. The number of hydrazone groups is 1. The third-order valence-electron chi connectivity index (χ3n) is 5.71. The molecule has 0 aliphatic rings. The molecule has 0 radical (unpaired) electrons. The molecule has 4 aromatic rings. The average Bonchev–Trinajstić information content (AvgIpc) is 2.95. The Morgan fingerprint density at radius 3 is 2.17 bits per heavy atom. The minimum Gasteiger partial charge on any atom is -0.322 e. The van der Waals surface area contributed by atoms with Gasteiger partial charge in [0, 0.05) is 21.3 Å². The molecule has 0 aliphatic carbocycles. The van der Waals surface area contributed by atoms with Gasteiger partial charge >= 0.3 is 0 Å². The molecule has 4 aromatic carbocycles. The van der Waals surface area contributed by atoms with Gasteiger partial charge in [-0.2, -0.15) is 5.10 Å². The molecule has 4 rings (SSSR count). The Labute approximate surface area is 242 Å². The number of carbonyl (C=O) groups excluding carboxylic acids is 2. The number of para-hydroxylation sites is 1. The van der Waals surface area contributed by atoms with Crippen LogP contribution in [0.5, 0.6) is 0 Å². The van der Waals surface area contributed by atoms with Crippen molar-refractivity contribution in [3.63, 3.8) is 0 Å². The predicted octanol–water partition coefficient (Wildman–Crippen LogP) is 5.98. The Kier molecular flexibility index (Phi) is 9.21. The molecule has 0 aliphatic heterocycles. The molecule has 0 atom stereocenters. The van der Waals surface area contributed by atoms with Crippen molar-refractivity contribution in [1.29, 1.82) is 0 Å². The van der Waals surface area contributed by atoms with Crippen LogP contribution in [0, 0.1) is 0 Å². The fraction of sp³-hybridized carbons (Fsp3) is 0.0690. The summed E-state index contributed by atoms with van der Waals surface area (Å²) in [5.74, 6) is -0.975. The maximum atomic E-state index is 13.4. The van der Waals surface area contributed by atoms with Crippen LogP contribution in [0.25, 0.3) is 0 Å². The second-order valence-electron chi connectivity index (χ2n) is 8.58. The zero-order valence-electron chi connectivity index (χ0n) is 21.2. The van der Waals surface area contributed by atoms with E-state index in [-0.39, 0.29) is 10.8 Å². The molecule has 0 saturated carbocycles. The van der Waals surface area contributed by atoms with Gasteiger partial charge in [-0.05, 0) is 79.2 Å². The van der Waals surface area contributed by atoms with Gasteiger partial charge in [0.15, 0.2) is 0 Å². The van der Waals surface area contributed by atoms with Crippen LogP contribution in [0.3, 0.4) is 0 Å². The molecular weight excluding hydrogens is 571 g/mol. The highest BCUT2D eigenvalue weighted by atomic mass is 35.5. The summed E-state index contributed by atoms with van der Waals surface area (Å²) in [6.07, 6.45) is 0. The molecule has 40 heavy (non-hydrogen) atoms. The number of hydrogen-bond donors (Lipinski definition) is 2. The smallest absolute Gasteiger partial charge is 0.264 e. The summed E-state index contributed by atoms with van der Waals surface area (Å²) in [4.78, 5) is 25.4. The molecule has 0 fully saturated rings. The summed E-state index contributed by atoms with van der Waals surface area (Å²) < 4.78 is 27.8. The SMILES string of the molecule is C/C(=N/NC(=O)CN(c1ccccc1)S(=O)(=O)c1ccc(Cl)cc1)c1cccc(NC(=O)c2cccc(Cl)c2)c1. The number of halogens is 2. The van der Waals surface area contributed by atoms with Gasteiger partial charge in [-0.15, -0.1) is 0 Å². The summed E-state index contributed by atoms with van der Waals surface area (Å²) in [7, 11) is -4.08. The molecule has 2 amide bonds. The van der Waals surface area contributed by atoms with E-state index in [1.54, 1.807) is 85.8 Å². The van der Waals surface area contributed by atoms with E-state index in [0.717, 1.165) is 4.31 Å².